The predicted molar refractivity (Wildman–Crippen MR) is 60.6 cm³/mol. The predicted octanol–water partition coefficient (Wildman–Crippen LogP) is 1.14. The molecule has 5 heteroatoms. The third kappa shape index (κ3) is 1.44. The number of hydrogen-bond donors (Lipinski definition) is 1. The topological polar surface area (TPSA) is 66.1 Å². The molecule has 0 saturated carbocycles. The van der Waals surface area contributed by atoms with Crippen molar-refractivity contribution < 1.29 is 9.59 Å². The number of H-pyrrole nitrogens is 1. The Morgan fingerprint density at radius 1 is 1.35 bits per heavy atom. The van der Waals surface area contributed by atoms with Gasteiger partial charge in [-0.2, -0.15) is 0 Å². The molecule has 2 aromatic rings. The molecular weight excluding hydrogens is 218 g/mol. The number of anilines is 1. The van der Waals surface area contributed by atoms with E-state index in [9.17, 15) is 9.59 Å². The highest BCUT2D eigenvalue weighted by Crippen LogP contribution is 2.29. The monoisotopic (exact) mass is 227 g/mol. The van der Waals surface area contributed by atoms with E-state index in [2.05, 4.69) is 9.97 Å². The van der Waals surface area contributed by atoms with Crippen LogP contribution in [0.15, 0.2) is 36.7 Å². The highest BCUT2D eigenvalue weighted by atomic mass is 16.2. The average molecular weight is 227 g/mol. The molecule has 84 valence electrons. The summed E-state index contributed by atoms with van der Waals surface area (Å²) in [5.41, 5.74) is 1.52. The molecule has 0 saturated heterocycles. The van der Waals surface area contributed by atoms with E-state index in [-0.39, 0.29) is 18.2 Å². The number of rotatable bonds is 1. The van der Waals surface area contributed by atoms with Crippen LogP contribution in [0.25, 0.3) is 0 Å². The van der Waals surface area contributed by atoms with Crippen molar-refractivity contribution >= 4 is 17.5 Å². The lowest BCUT2D eigenvalue weighted by molar-refractivity contribution is -0.116. The number of carbonyl (C=O) groups is 2. The quantitative estimate of drug-likeness (QED) is 0.743. The molecular formula is C12H9N3O2. The molecule has 3 rings (SSSR count). The highest BCUT2D eigenvalue weighted by molar-refractivity contribution is 6.23. The van der Waals surface area contributed by atoms with Gasteiger partial charge >= 0.3 is 5.91 Å². The molecule has 17 heavy (non-hydrogen) atoms. The van der Waals surface area contributed by atoms with Crippen molar-refractivity contribution in [2.24, 2.45) is 0 Å². The van der Waals surface area contributed by atoms with Crippen molar-refractivity contribution in [3.05, 3.63) is 48.0 Å². The van der Waals surface area contributed by atoms with Crippen LogP contribution in [0.1, 0.15) is 16.2 Å². The Balaban J connectivity index is 2.04. The number of aromatic amines is 1. The molecule has 1 N–H and O–H groups in total. The Morgan fingerprint density at radius 3 is 2.94 bits per heavy atom. The second-order valence-corrected chi connectivity index (χ2v) is 3.78. The number of amides is 2. The second-order valence-electron chi connectivity index (χ2n) is 3.78. The van der Waals surface area contributed by atoms with Crippen LogP contribution in [0.3, 0.4) is 0 Å². The summed E-state index contributed by atoms with van der Waals surface area (Å²) in [6.45, 7) is 0. The van der Waals surface area contributed by atoms with Gasteiger partial charge in [-0.15, -0.1) is 0 Å². The van der Waals surface area contributed by atoms with E-state index in [0.29, 0.717) is 5.69 Å². The first-order valence-electron chi connectivity index (χ1n) is 5.22. The van der Waals surface area contributed by atoms with E-state index in [1.807, 2.05) is 12.1 Å². The molecule has 0 bridgehead atoms. The smallest absolute Gasteiger partial charge is 0.300 e. The lowest BCUT2D eigenvalue weighted by Gasteiger charge is -2.13. The zero-order chi connectivity index (χ0) is 11.8. The summed E-state index contributed by atoms with van der Waals surface area (Å²) in [4.78, 5) is 31.7. The largest absolute Gasteiger partial charge is 0.341 e. The first kappa shape index (κ1) is 9.77. The van der Waals surface area contributed by atoms with Crippen molar-refractivity contribution in [3.63, 3.8) is 0 Å². The minimum atomic E-state index is -0.412. The van der Waals surface area contributed by atoms with Crippen LogP contribution in [-0.2, 0) is 11.2 Å². The lowest BCUT2D eigenvalue weighted by Crippen LogP contribution is -2.34. The minimum Gasteiger partial charge on any atom is -0.341 e. The summed E-state index contributed by atoms with van der Waals surface area (Å²) in [6, 6.07) is 7.27. The van der Waals surface area contributed by atoms with Crippen LogP contribution in [-0.4, -0.2) is 21.8 Å². The summed E-state index contributed by atoms with van der Waals surface area (Å²) in [5.74, 6) is -0.451. The minimum absolute atomic E-state index is 0.176. The van der Waals surface area contributed by atoms with Crippen molar-refractivity contribution in [2.75, 3.05) is 4.90 Å². The maximum absolute atomic E-state index is 12.1. The highest BCUT2D eigenvalue weighted by Gasteiger charge is 2.33. The van der Waals surface area contributed by atoms with Crippen LogP contribution in [0.5, 0.6) is 0 Å². The van der Waals surface area contributed by atoms with Gasteiger partial charge in [-0.3, -0.25) is 9.59 Å². The van der Waals surface area contributed by atoms with Crippen LogP contribution in [0, 0.1) is 0 Å². The van der Waals surface area contributed by atoms with Crippen molar-refractivity contribution in [1.82, 2.24) is 9.97 Å². The Morgan fingerprint density at radius 2 is 2.18 bits per heavy atom. The van der Waals surface area contributed by atoms with Gasteiger partial charge in [0.15, 0.2) is 5.82 Å². The van der Waals surface area contributed by atoms with Crippen LogP contribution in [0.2, 0.25) is 0 Å². The van der Waals surface area contributed by atoms with Gasteiger partial charge in [0.25, 0.3) is 0 Å². The summed E-state index contributed by atoms with van der Waals surface area (Å²) in [5, 5.41) is 0. The van der Waals surface area contributed by atoms with E-state index >= 15 is 0 Å². The van der Waals surface area contributed by atoms with E-state index in [1.165, 1.54) is 11.1 Å². The molecule has 0 unspecified atom stereocenters. The van der Waals surface area contributed by atoms with E-state index < -0.39 is 5.91 Å². The molecule has 2 heterocycles. The molecule has 1 aromatic carbocycles. The number of nitrogens with zero attached hydrogens (tertiary/aromatic N) is 2. The Bertz CT molecular complexity index is 590. The van der Waals surface area contributed by atoms with Gasteiger partial charge in [0.2, 0.25) is 5.91 Å². The van der Waals surface area contributed by atoms with Crippen molar-refractivity contribution in [3.8, 4) is 0 Å². The van der Waals surface area contributed by atoms with Gasteiger partial charge in [-0.1, -0.05) is 18.2 Å². The number of carbonyl (C=O) groups excluding carboxylic acids is 2. The maximum atomic E-state index is 12.1. The number of imidazole rings is 1. The number of aromatic nitrogens is 2. The Kier molecular flexibility index (Phi) is 2.04. The standard InChI is InChI=1S/C12H9N3O2/c16-10-7-8-3-1-2-4-9(8)15(10)12(17)11-13-5-6-14-11/h1-6H,7H2,(H,13,14). The van der Waals surface area contributed by atoms with Crippen LogP contribution < -0.4 is 4.90 Å². The molecule has 0 fully saturated rings. The number of imide groups is 1. The van der Waals surface area contributed by atoms with Gasteiger partial charge in [-0.25, -0.2) is 9.88 Å². The normalized spacial score (nSPS) is 13.9. The Labute approximate surface area is 97.1 Å². The lowest BCUT2D eigenvalue weighted by atomic mass is 10.2. The fourth-order valence-electron chi connectivity index (χ4n) is 1.97. The van der Waals surface area contributed by atoms with Crippen molar-refractivity contribution in [1.29, 1.82) is 0 Å². The molecule has 0 aliphatic carbocycles. The molecule has 1 aliphatic rings. The Hall–Kier alpha value is -2.43. The molecule has 0 spiro atoms. The first-order chi connectivity index (χ1) is 8.27. The third-order valence-corrected chi connectivity index (χ3v) is 2.73. The first-order valence-corrected chi connectivity index (χ1v) is 5.22. The summed E-state index contributed by atoms with van der Waals surface area (Å²) >= 11 is 0. The van der Waals surface area contributed by atoms with E-state index in [4.69, 9.17) is 0 Å². The van der Waals surface area contributed by atoms with E-state index in [1.54, 1.807) is 18.3 Å². The van der Waals surface area contributed by atoms with Crippen LogP contribution >= 0.6 is 0 Å². The maximum Gasteiger partial charge on any atom is 0.300 e. The third-order valence-electron chi connectivity index (χ3n) is 2.73. The molecule has 5 nitrogen and oxygen atoms in total. The number of fused-ring (bicyclic) bond motifs is 1. The average Bonchev–Trinajstić information content (AvgIpc) is 2.94. The molecule has 0 radical (unpaired) electrons. The van der Waals surface area contributed by atoms with Gasteiger partial charge in [0, 0.05) is 12.4 Å². The van der Waals surface area contributed by atoms with Gasteiger partial charge in [0.1, 0.15) is 0 Å². The van der Waals surface area contributed by atoms with Crippen molar-refractivity contribution in [2.45, 2.75) is 6.42 Å². The molecule has 1 aliphatic heterocycles. The fraction of sp³-hybridized carbons (Fsp3) is 0.0833. The SMILES string of the molecule is O=C1Cc2ccccc2N1C(=O)c1ncc[nH]1. The van der Waals surface area contributed by atoms with Gasteiger partial charge in [0.05, 0.1) is 12.1 Å². The molecule has 1 aromatic heterocycles. The van der Waals surface area contributed by atoms with E-state index in [0.717, 1.165) is 5.56 Å². The van der Waals surface area contributed by atoms with Crippen LogP contribution in [0.4, 0.5) is 5.69 Å². The number of benzene rings is 1. The van der Waals surface area contributed by atoms with Gasteiger partial charge in [-0.05, 0) is 11.6 Å². The van der Waals surface area contributed by atoms with Gasteiger partial charge < -0.3 is 4.98 Å². The zero-order valence-corrected chi connectivity index (χ0v) is 8.88. The molecule has 0 atom stereocenters. The summed E-state index contributed by atoms with van der Waals surface area (Å²) in [7, 11) is 0. The number of hydrogen-bond acceptors (Lipinski definition) is 3. The number of nitrogens with one attached hydrogen (secondary N) is 1. The zero-order valence-electron chi connectivity index (χ0n) is 8.88. The molecule has 2 amide bonds. The fourth-order valence-corrected chi connectivity index (χ4v) is 1.97. The number of para-hydroxylation sites is 1. The summed E-state index contributed by atoms with van der Waals surface area (Å²) < 4.78 is 0. The second kappa shape index (κ2) is 3.55. The summed E-state index contributed by atoms with van der Waals surface area (Å²) in [6.07, 6.45) is 3.31.